The number of carbonyl (C=O) groups excluding carboxylic acids is 1. The summed E-state index contributed by atoms with van der Waals surface area (Å²) in [4.78, 5) is 17.1. The fourth-order valence-corrected chi connectivity index (χ4v) is 4.31. The van der Waals surface area contributed by atoms with Gasteiger partial charge in [0, 0.05) is 51.9 Å². The van der Waals surface area contributed by atoms with Gasteiger partial charge in [-0.05, 0) is 22.4 Å². The number of hydrogen-bond acceptors (Lipinski definition) is 5. The van der Waals surface area contributed by atoms with E-state index in [0.29, 0.717) is 24.6 Å². The second-order valence-corrected chi connectivity index (χ2v) is 7.43. The van der Waals surface area contributed by atoms with Gasteiger partial charge < -0.3 is 9.64 Å². The largest absolute Gasteiger partial charge is 0.375 e. The van der Waals surface area contributed by atoms with Crippen LogP contribution in [0.3, 0.4) is 0 Å². The van der Waals surface area contributed by atoms with Crippen LogP contribution >= 0.6 is 11.3 Å². The first kappa shape index (κ1) is 15.8. The molecule has 4 rings (SSSR count). The highest BCUT2D eigenvalue weighted by Crippen LogP contribution is 2.26. The Balaban J connectivity index is 1.41. The number of fused-ring (bicyclic) bond motifs is 1. The first-order chi connectivity index (χ1) is 11.7. The van der Waals surface area contributed by atoms with E-state index in [1.807, 2.05) is 11.9 Å². The van der Waals surface area contributed by atoms with Gasteiger partial charge in [-0.3, -0.25) is 14.4 Å². The summed E-state index contributed by atoms with van der Waals surface area (Å²) in [5, 5.41) is 8.43. The Kier molecular flexibility index (Phi) is 4.39. The van der Waals surface area contributed by atoms with Gasteiger partial charge in [0.2, 0.25) is 0 Å². The number of amides is 1. The summed E-state index contributed by atoms with van der Waals surface area (Å²) in [6.45, 7) is 4.94. The molecule has 4 heterocycles. The molecule has 2 fully saturated rings. The van der Waals surface area contributed by atoms with Gasteiger partial charge in [-0.2, -0.15) is 16.4 Å². The van der Waals surface area contributed by atoms with Crippen molar-refractivity contribution in [2.75, 3.05) is 32.8 Å². The van der Waals surface area contributed by atoms with Crippen LogP contribution in [0.15, 0.2) is 29.2 Å². The van der Waals surface area contributed by atoms with Crippen LogP contribution in [0.25, 0.3) is 0 Å². The maximum absolute atomic E-state index is 12.7. The zero-order chi connectivity index (χ0) is 16.5. The monoisotopic (exact) mass is 346 g/mol. The lowest BCUT2D eigenvalue weighted by Crippen LogP contribution is -2.37. The van der Waals surface area contributed by atoms with Crippen LogP contribution in [0, 0.1) is 5.92 Å². The minimum Gasteiger partial charge on any atom is -0.375 e. The molecule has 1 amide bonds. The van der Waals surface area contributed by atoms with Crippen LogP contribution in [0.1, 0.15) is 15.9 Å². The number of nitrogens with zero attached hydrogens (tertiary/aromatic N) is 4. The van der Waals surface area contributed by atoms with E-state index in [2.05, 4.69) is 26.8 Å². The predicted octanol–water partition coefficient (Wildman–Crippen LogP) is 1.45. The van der Waals surface area contributed by atoms with Gasteiger partial charge in [-0.15, -0.1) is 0 Å². The van der Waals surface area contributed by atoms with Crippen molar-refractivity contribution in [3.8, 4) is 0 Å². The van der Waals surface area contributed by atoms with E-state index >= 15 is 0 Å². The molecule has 0 unspecified atom stereocenters. The second-order valence-electron chi connectivity index (χ2n) is 6.65. The van der Waals surface area contributed by atoms with Gasteiger partial charge in [0.1, 0.15) is 0 Å². The number of hydrogen-bond donors (Lipinski definition) is 0. The highest BCUT2D eigenvalue weighted by molar-refractivity contribution is 7.07. The van der Waals surface area contributed by atoms with Crippen molar-refractivity contribution in [3.63, 3.8) is 0 Å². The molecular formula is C17H22N4O2S. The highest BCUT2D eigenvalue weighted by Gasteiger charge is 2.37. The number of rotatable bonds is 3. The fraction of sp³-hybridized carbons (Fsp3) is 0.529. The first-order valence-electron chi connectivity index (χ1n) is 8.32. The van der Waals surface area contributed by atoms with Crippen molar-refractivity contribution in [1.29, 1.82) is 0 Å². The number of aryl methyl sites for hydroxylation is 1. The molecule has 2 aliphatic rings. The maximum atomic E-state index is 12.7. The summed E-state index contributed by atoms with van der Waals surface area (Å²) in [7, 11) is 1.83. The first-order valence-corrected chi connectivity index (χ1v) is 9.26. The van der Waals surface area contributed by atoms with Crippen LogP contribution in [0.4, 0.5) is 0 Å². The lowest BCUT2D eigenvalue weighted by Gasteiger charge is -2.23. The Hall–Kier alpha value is -1.70. The summed E-state index contributed by atoms with van der Waals surface area (Å²) in [6, 6.07) is 2.18. The van der Waals surface area contributed by atoms with E-state index in [4.69, 9.17) is 4.74 Å². The highest BCUT2D eigenvalue weighted by atomic mass is 32.1. The number of aromatic nitrogens is 2. The molecule has 0 saturated carbocycles. The average Bonchev–Trinajstić information content (AvgIpc) is 3.27. The molecule has 2 aliphatic heterocycles. The molecule has 0 aromatic carbocycles. The lowest BCUT2D eigenvalue weighted by atomic mass is 10.1. The standard InChI is InChI=1S/C17H22N4O2S/c1-19-8-14(6-18-19)17(22)21-3-4-23-16-11-20(9-15(16)10-21)7-13-2-5-24-12-13/h2,5-6,8,12,15-16H,3-4,7,9-11H2,1H3/t15-,16-/m0/s1. The molecule has 0 spiro atoms. The minimum atomic E-state index is 0.0589. The van der Waals surface area contributed by atoms with Crippen molar-refractivity contribution in [1.82, 2.24) is 19.6 Å². The summed E-state index contributed by atoms with van der Waals surface area (Å²) in [6.07, 6.45) is 3.65. The van der Waals surface area contributed by atoms with Gasteiger partial charge in [0.05, 0.1) is 24.5 Å². The Morgan fingerprint density at radius 3 is 3.08 bits per heavy atom. The lowest BCUT2D eigenvalue weighted by molar-refractivity contribution is 0.0501. The molecule has 0 N–H and O–H groups in total. The molecule has 0 aliphatic carbocycles. The van der Waals surface area contributed by atoms with Crippen LogP contribution in [0.2, 0.25) is 0 Å². The molecule has 2 atom stereocenters. The van der Waals surface area contributed by atoms with Gasteiger partial charge in [-0.25, -0.2) is 0 Å². The van der Waals surface area contributed by atoms with E-state index in [9.17, 15) is 4.79 Å². The zero-order valence-corrected chi connectivity index (χ0v) is 14.6. The van der Waals surface area contributed by atoms with E-state index in [1.54, 1.807) is 28.4 Å². The Bertz CT molecular complexity index is 699. The summed E-state index contributed by atoms with van der Waals surface area (Å²) < 4.78 is 7.71. The molecular weight excluding hydrogens is 324 g/mol. The summed E-state index contributed by atoms with van der Waals surface area (Å²) in [5.41, 5.74) is 2.02. The van der Waals surface area contributed by atoms with Gasteiger partial charge >= 0.3 is 0 Å². The van der Waals surface area contributed by atoms with Crippen molar-refractivity contribution < 1.29 is 9.53 Å². The smallest absolute Gasteiger partial charge is 0.257 e. The minimum absolute atomic E-state index is 0.0589. The third kappa shape index (κ3) is 3.24. The Labute approximate surface area is 145 Å². The molecule has 0 radical (unpaired) electrons. The third-order valence-electron chi connectivity index (χ3n) is 4.83. The molecule has 128 valence electrons. The molecule has 2 aromatic heterocycles. The molecule has 2 aromatic rings. The summed E-state index contributed by atoms with van der Waals surface area (Å²) in [5.74, 6) is 0.440. The van der Waals surface area contributed by atoms with Gasteiger partial charge in [0.25, 0.3) is 5.91 Å². The van der Waals surface area contributed by atoms with Crippen LogP contribution in [-0.2, 0) is 18.3 Å². The number of carbonyl (C=O) groups is 1. The topological polar surface area (TPSA) is 50.6 Å². The van der Waals surface area contributed by atoms with E-state index in [1.165, 1.54) is 5.56 Å². The third-order valence-corrected chi connectivity index (χ3v) is 5.56. The molecule has 0 bridgehead atoms. The second kappa shape index (κ2) is 6.66. The number of ether oxygens (including phenoxy) is 1. The SMILES string of the molecule is Cn1cc(C(=O)N2CCO[C@H]3CN(Cc4ccsc4)C[C@H]3C2)cn1. The van der Waals surface area contributed by atoms with Gasteiger partial charge in [-0.1, -0.05) is 0 Å². The fourth-order valence-electron chi connectivity index (χ4n) is 3.65. The average molecular weight is 346 g/mol. The van der Waals surface area contributed by atoms with Crippen molar-refractivity contribution >= 4 is 17.2 Å². The van der Waals surface area contributed by atoms with Crippen LogP contribution in [-0.4, -0.2) is 64.4 Å². The molecule has 2 saturated heterocycles. The normalized spacial score (nSPS) is 24.8. The van der Waals surface area contributed by atoms with Crippen LogP contribution in [0.5, 0.6) is 0 Å². The predicted molar refractivity (Wildman–Crippen MR) is 91.9 cm³/mol. The number of thiophene rings is 1. The van der Waals surface area contributed by atoms with Crippen molar-refractivity contribution in [3.05, 3.63) is 40.3 Å². The number of likely N-dealkylation sites (tertiary alicyclic amines) is 1. The van der Waals surface area contributed by atoms with Gasteiger partial charge in [0.15, 0.2) is 0 Å². The Morgan fingerprint density at radius 2 is 2.33 bits per heavy atom. The van der Waals surface area contributed by atoms with Crippen LogP contribution < -0.4 is 0 Å². The van der Waals surface area contributed by atoms with Crippen molar-refractivity contribution in [2.24, 2.45) is 13.0 Å². The van der Waals surface area contributed by atoms with E-state index < -0.39 is 0 Å². The Morgan fingerprint density at radius 1 is 1.42 bits per heavy atom. The molecule has 6 nitrogen and oxygen atoms in total. The summed E-state index contributed by atoms with van der Waals surface area (Å²) >= 11 is 1.74. The quantitative estimate of drug-likeness (QED) is 0.844. The maximum Gasteiger partial charge on any atom is 0.257 e. The molecule has 7 heteroatoms. The zero-order valence-electron chi connectivity index (χ0n) is 13.8. The molecule has 24 heavy (non-hydrogen) atoms. The van der Waals surface area contributed by atoms with E-state index in [-0.39, 0.29) is 12.0 Å². The van der Waals surface area contributed by atoms with E-state index in [0.717, 1.165) is 26.2 Å². The van der Waals surface area contributed by atoms with Crippen molar-refractivity contribution in [2.45, 2.75) is 12.6 Å².